The Balaban J connectivity index is 3.17. The van der Waals surface area contributed by atoms with Gasteiger partial charge in [-0.15, -0.1) is 0 Å². The Morgan fingerprint density at radius 3 is 1.69 bits per heavy atom. The molecule has 0 radical (unpaired) electrons. The van der Waals surface area contributed by atoms with Crippen molar-refractivity contribution in [3.05, 3.63) is 24.3 Å². The van der Waals surface area contributed by atoms with Gasteiger partial charge in [0, 0.05) is 6.42 Å². The molecule has 0 rings (SSSR count). The van der Waals surface area contributed by atoms with Gasteiger partial charge in [-0.25, -0.2) is 0 Å². The first-order chi connectivity index (χ1) is 12.8. The van der Waals surface area contributed by atoms with Gasteiger partial charge in [-0.2, -0.15) is 0 Å². The van der Waals surface area contributed by atoms with Crippen molar-refractivity contribution in [2.75, 3.05) is 13.2 Å². The number of aliphatic hydroxyl groups excluding tert-OH is 1. The summed E-state index contributed by atoms with van der Waals surface area (Å²) in [6.07, 6.45) is 27.0. The number of rotatable bonds is 19. The fraction of sp³-hybridized carbons (Fsp3) is 0.783. The predicted octanol–water partition coefficient (Wildman–Crippen LogP) is 6.51. The van der Waals surface area contributed by atoms with E-state index in [9.17, 15) is 4.79 Å². The van der Waals surface area contributed by atoms with Crippen LogP contribution in [-0.2, 0) is 9.53 Å². The van der Waals surface area contributed by atoms with Gasteiger partial charge in [0.15, 0.2) is 0 Å². The molecule has 0 atom stereocenters. The Bertz CT molecular complexity index is 347. The number of carbonyl (C=O) groups excluding carboxylic acids is 1. The van der Waals surface area contributed by atoms with Gasteiger partial charge in [-0.05, 0) is 51.4 Å². The maximum Gasteiger partial charge on any atom is 0.305 e. The molecule has 0 aliphatic rings. The minimum Gasteiger partial charge on any atom is -0.463 e. The fourth-order valence-electron chi connectivity index (χ4n) is 2.87. The lowest BCUT2D eigenvalue weighted by molar-refractivity contribution is -0.144. The summed E-state index contributed by atoms with van der Waals surface area (Å²) in [7, 11) is 0. The van der Waals surface area contributed by atoms with E-state index in [2.05, 4.69) is 31.2 Å². The maximum absolute atomic E-state index is 11.2. The first kappa shape index (κ1) is 24.9. The molecule has 0 unspecified atom stereocenters. The van der Waals surface area contributed by atoms with E-state index in [4.69, 9.17) is 9.84 Å². The Kier molecular flexibility index (Phi) is 21.0. The fourth-order valence-corrected chi connectivity index (χ4v) is 2.87. The summed E-state index contributed by atoms with van der Waals surface area (Å²) in [5.74, 6) is -0.185. The molecule has 0 bridgehead atoms. The lowest BCUT2D eigenvalue weighted by atomic mass is 10.1. The van der Waals surface area contributed by atoms with E-state index >= 15 is 0 Å². The molecule has 3 nitrogen and oxygen atoms in total. The third kappa shape index (κ3) is 21.0. The number of hydrogen-bond acceptors (Lipinski definition) is 3. The number of allylic oxidation sites excluding steroid dienone is 4. The summed E-state index contributed by atoms with van der Waals surface area (Å²) in [5, 5.41) is 8.56. The van der Waals surface area contributed by atoms with Gasteiger partial charge >= 0.3 is 5.97 Å². The summed E-state index contributed by atoms with van der Waals surface area (Å²) in [4.78, 5) is 11.2. The zero-order valence-electron chi connectivity index (χ0n) is 17.1. The molecule has 0 aromatic heterocycles. The van der Waals surface area contributed by atoms with Crippen LogP contribution in [0.2, 0.25) is 0 Å². The van der Waals surface area contributed by atoms with Crippen LogP contribution in [-0.4, -0.2) is 24.3 Å². The number of aliphatic hydroxyl groups is 1. The maximum atomic E-state index is 11.2. The van der Waals surface area contributed by atoms with Crippen LogP contribution < -0.4 is 0 Å². The standard InChI is InChI=1S/C23H42O3/c1-2-3-4-5-6-7-8-9-10-11-12-13-14-15-16-17-18-19-20-23(25)26-22-21-24/h3-4,12-13,24H,2,5-11,14-22H2,1H3/b4-3?,13-12-. The van der Waals surface area contributed by atoms with Crippen molar-refractivity contribution in [3.63, 3.8) is 0 Å². The van der Waals surface area contributed by atoms with Gasteiger partial charge in [-0.3, -0.25) is 4.79 Å². The molecule has 3 heteroatoms. The molecule has 0 aliphatic heterocycles. The van der Waals surface area contributed by atoms with Crippen LogP contribution in [0.3, 0.4) is 0 Å². The Morgan fingerprint density at radius 2 is 1.19 bits per heavy atom. The number of esters is 1. The van der Waals surface area contributed by atoms with Crippen molar-refractivity contribution in [2.24, 2.45) is 0 Å². The third-order valence-electron chi connectivity index (χ3n) is 4.42. The lowest BCUT2D eigenvalue weighted by Crippen LogP contribution is -2.07. The summed E-state index contributed by atoms with van der Waals surface area (Å²) >= 11 is 0. The number of ether oxygens (including phenoxy) is 1. The van der Waals surface area contributed by atoms with Gasteiger partial charge in [-0.1, -0.05) is 69.8 Å². The molecule has 0 saturated heterocycles. The Labute approximate surface area is 161 Å². The molecule has 152 valence electrons. The van der Waals surface area contributed by atoms with Crippen molar-refractivity contribution in [2.45, 2.75) is 103 Å². The minimum atomic E-state index is -0.185. The molecule has 0 amide bonds. The quantitative estimate of drug-likeness (QED) is 0.161. The average Bonchev–Trinajstić information content (AvgIpc) is 2.65. The number of carbonyl (C=O) groups is 1. The number of hydrogen-bond donors (Lipinski definition) is 1. The molecule has 0 fully saturated rings. The number of unbranched alkanes of at least 4 members (excludes halogenated alkanes) is 11. The van der Waals surface area contributed by atoms with Crippen LogP contribution in [0.1, 0.15) is 103 Å². The molecular weight excluding hydrogens is 324 g/mol. The second kappa shape index (κ2) is 22.0. The van der Waals surface area contributed by atoms with E-state index in [1.807, 2.05) is 0 Å². The lowest BCUT2D eigenvalue weighted by Gasteiger charge is -2.02. The summed E-state index contributed by atoms with van der Waals surface area (Å²) in [6.45, 7) is 2.23. The topological polar surface area (TPSA) is 46.5 Å². The molecule has 0 saturated carbocycles. The van der Waals surface area contributed by atoms with E-state index in [-0.39, 0.29) is 19.2 Å². The zero-order chi connectivity index (χ0) is 19.1. The normalized spacial score (nSPS) is 11.6. The largest absolute Gasteiger partial charge is 0.463 e. The van der Waals surface area contributed by atoms with E-state index in [1.54, 1.807) is 0 Å². The van der Waals surface area contributed by atoms with Crippen LogP contribution in [0.4, 0.5) is 0 Å². The van der Waals surface area contributed by atoms with Crippen molar-refractivity contribution in [1.82, 2.24) is 0 Å². The molecule has 0 aromatic rings. The molecule has 0 aliphatic carbocycles. The van der Waals surface area contributed by atoms with Crippen LogP contribution in [0.5, 0.6) is 0 Å². The van der Waals surface area contributed by atoms with Gasteiger partial charge in [0.2, 0.25) is 0 Å². The van der Waals surface area contributed by atoms with E-state index in [0.29, 0.717) is 6.42 Å². The van der Waals surface area contributed by atoms with Crippen LogP contribution in [0.15, 0.2) is 24.3 Å². The first-order valence-corrected chi connectivity index (χ1v) is 10.9. The van der Waals surface area contributed by atoms with Crippen molar-refractivity contribution < 1.29 is 14.6 Å². The highest BCUT2D eigenvalue weighted by atomic mass is 16.5. The summed E-state index contributed by atoms with van der Waals surface area (Å²) < 4.78 is 4.82. The molecule has 0 aromatic carbocycles. The Morgan fingerprint density at radius 1 is 0.731 bits per heavy atom. The van der Waals surface area contributed by atoms with Crippen LogP contribution >= 0.6 is 0 Å². The van der Waals surface area contributed by atoms with Gasteiger partial charge < -0.3 is 9.84 Å². The second-order valence-electron chi connectivity index (χ2n) is 6.95. The van der Waals surface area contributed by atoms with Crippen LogP contribution in [0, 0.1) is 0 Å². The molecule has 0 heterocycles. The van der Waals surface area contributed by atoms with Gasteiger partial charge in [0.05, 0.1) is 6.61 Å². The molecule has 0 spiro atoms. The second-order valence-corrected chi connectivity index (χ2v) is 6.95. The van der Waals surface area contributed by atoms with E-state index in [1.165, 1.54) is 70.6 Å². The van der Waals surface area contributed by atoms with Gasteiger partial charge in [0.1, 0.15) is 6.61 Å². The summed E-state index contributed by atoms with van der Waals surface area (Å²) in [6, 6.07) is 0. The third-order valence-corrected chi connectivity index (χ3v) is 4.42. The predicted molar refractivity (Wildman–Crippen MR) is 111 cm³/mol. The summed E-state index contributed by atoms with van der Waals surface area (Å²) in [5.41, 5.74) is 0. The highest BCUT2D eigenvalue weighted by Crippen LogP contribution is 2.10. The SMILES string of the molecule is CCC=CCCCCCCC/C=C\CCCCCCCC(=O)OCCO. The smallest absolute Gasteiger partial charge is 0.305 e. The molecule has 26 heavy (non-hydrogen) atoms. The Hall–Kier alpha value is -1.09. The van der Waals surface area contributed by atoms with Crippen molar-refractivity contribution in [1.29, 1.82) is 0 Å². The minimum absolute atomic E-state index is 0.0871. The van der Waals surface area contributed by atoms with E-state index < -0.39 is 0 Å². The van der Waals surface area contributed by atoms with Gasteiger partial charge in [0.25, 0.3) is 0 Å². The average molecular weight is 367 g/mol. The molecular formula is C23H42O3. The molecule has 1 N–H and O–H groups in total. The highest BCUT2D eigenvalue weighted by Gasteiger charge is 2.01. The highest BCUT2D eigenvalue weighted by molar-refractivity contribution is 5.69. The van der Waals surface area contributed by atoms with Crippen molar-refractivity contribution >= 4 is 5.97 Å². The van der Waals surface area contributed by atoms with Crippen LogP contribution in [0.25, 0.3) is 0 Å². The monoisotopic (exact) mass is 366 g/mol. The zero-order valence-corrected chi connectivity index (χ0v) is 17.1. The first-order valence-electron chi connectivity index (χ1n) is 10.9. The van der Waals surface area contributed by atoms with Crippen molar-refractivity contribution in [3.8, 4) is 0 Å². The van der Waals surface area contributed by atoms with E-state index in [0.717, 1.165) is 19.3 Å².